The number of aromatic nitrogens is 4. The molecule has 0 N–H and O–H groups in total. The maximum atomic E-state index is 13.6. The van der Waals surface area contributed by atoms with Crippen molar-refractivity contribution >= 4 is 0 Å². The molecule has 2 heterocycles. The van der Waals surface area contributed by atoms with Crippen LogP contribution in [0.2, 0.25) is 0 Å². The molecule has 0 aliphatic rings. The molecule has 0 spiro atoms. The Morgan fingerprint density at radius 2 is 1.94 bits per heavy atom. The molecule has 0 unspecified atom stereocenters. The lowest BCUT2D eigenvalue weighted by Gasteiger charge is -1.99. The molecule has 0 amide bonds. The van der Waals surface area contributed by atoms with Crippen LogP contribution in [0.3, 0.4) is 0 Å². The molecule has 0 saturated heterocycles. The molecule has 18 heavy (non-hydrogen) atoms. The maximum absolute atomic E-state index is 13.6. The van der Waals surface area contributed by atoms with Gasteiger partial charge in [0, 0.05) is 23.5 Å². The van der Waals surface area contributed by atoms with E-state index in [0.717, 1.165) is 0 Å². The van der Waals surface area contributed by atoms with Crippen molar-refractivity contribution in [3.63, 3.8) is 0 Å². The number of rotatable bonds is 2. The first-order valence-electron chi connectivity index (χ1n) is 5.42. The zero-order valence-corrected chi connectivity index (χ0v) is 9.36. The van der Waals surface area contributed by atoms with Crippen molar-refractivity contribution in [1.82, 2.24) is 20.0 Å². The summed E-state index contributed by atoms with van der Waals surface area (Å²) in [5.41, 5.74) is 1.23. The van der Waals surface area contributed by atoms with Crippen LogP contribution >= 0.6 is 0 Å². The smallest absolute Gasteiger partial charge is 0.175 e. The van der Waals surface area contributed by atoms with Gasteiger partial charge in [0.2, 0.25) is 0 Å². The van der Waals surface area contributed by atoms with E-state index in [1.807, 2.05) is 0 Å². The first kappa shape index (κ1) is 10.6. The topological polar surface area (TPSA) is 43.6 Å². The Kier molecular flexibility index (Phi) is 2.57. The summed E-state index contributed by atoms with van der Waals surface area (Å²) < 4.78 is 15.2. The van der Waals surface area contributed by atoms with E-state index in [0.29, 0.717) is 16.9 Å². The van der Waals surface area contributed by atoms with Gasteiger partial charge in [-0.05, 0) is 18.2 Å². The van der Waals surface area contributed by atoms with Crippen LogP contribution in [0.15, 0.2) is 55.0 Å². The molecule has 5 heteroatoms. The number of nitrogens with zero attached hydrogens (tertiary/aromatic N) is 4. The molecule has 1 aromatic carbocycles. The van der Waals surface area contributed by atoms with Gasteiger partial charge in [0.15, 0.2) is 5.82 Å². The Bertz CT molecular complexity index is 664. The fourth-order valence-electron chi connectivity index (χ4n) is 1.70. The molecule has 0 bridgehead atoms. The summed E-state index contributed by atoms with van der Waals surface area (Å²) in [4.78, 5) is 0. The van der Waals surface area contributed by atoms with Gasteiger partial charge >= 0.3 is 0 Å². The molecule has 3 rings (SSSR count). The first-order chi connectivity index (χ1) is 8.84. The lowest BCUT2D eigenvalue weighted by atomic mass is 10.1. The van der Waals surface area contributed by atoms with Gasteiger partial charge in [-0.3, -0.25) is 0 Å². The molecule has 0 saturated carbocycles. The van der Waals surface area contributed by atoms with Gasteiger partial charge in [0.05, 0.1) is 6.20 Å². The van der Waals surface area contributed by atoms with E-state index in [4.69, 9.17) is 0 Å². The average molecular weight is 240 g/mol. The van der Waals surface area contributed by atoms with Gasteiger partial charge in [-0.15, -0.1) is 5.10 Å². The lowest BCUT2D eigenvalue weighted by molar-refractivity contribution is 0.631. The molecule has 0 aliphatic carbocycles. The van der Waals surface area contributed by atoms with Crippen molar-refractivity contribution in [2.45, 2.75) is 0 Å². The fourth-order valence-corrected chi connectivity index (χ4v) is 1.70. The number of hydrogen-bond donors (Lipinski definition) is 0. The summed E-state index contributed by atoms with van der Waals surface area (Å²) in [6, 6.07) is 10.1. The predicted molar refractivity (Wildman–Crippen MR) is 64.5 cm³/mol. The molecule has 3 aromatic rings. The van der Waals surface area contributed by atoms with Crippen molar-refractivity contribution < 1.29 is 4.39 Å². The number of benzene rings is 1. The van der Waals surface area contributed by atoms with Crippen LogP contribution in [0, 0.1) is 5.82 Å². The Morgan fingerprint density at radius 3 is 2.72 bits per heavy atom. The second-order valence-electron chi connectivity index (χ2n) is 3.74. The first-order valence-corrected chi connectivity index (χ1v) is 5.42. The molecular weight excluding hydrogens is 231 g/mol. The van der Waals surface area contributed by atoms with E-state index in [1.165, 1.54) is 6.07 Å². The highest BCUT2D eigenvalue weighted by Gasteiger charge is 2.07. The van der Waals surface area contributed by atoms with Crippen LogP contribution in [0.5, 0.6) is 0 Å². The number of hydrogen-bond acceptors (Lipinski definition) is 3. The minimum atomic E-state index is -0.267. The lowest BCUT2D eigenvalue weighted by Crippen LogP contribution is -1.97. The van der Waals surface area contributed by atoms with E-state index in [2.05, 4.69) is 15.3 Å². The van der Waals surface area contributed by atoms with Crippen LogP contribution in [-0.2, 0) is 0 Å². The van der Waals surface area contributed by atoms with E-state index >= 15 is 0 Å². The zero-order chi connectivity index (χ0) is 12.4. The number of halogens is 1. The van der Waals surface area contributed by atoms with Gasteiger partial charge in [0.25, 0.3) is 0 Å². The third-order valence-electron chi connectivity index (χ3n) is 2.56. The van der Waals surface area contributed by atoms with Crippen LogP contribution in [0.4, 0.5) is 4.39 Å². The quantitative estimate of drug-likeness (QED) is 0.691. The zero-order valence-electron chi connectivity index (χ0n) is 9.36. The van der Waals surface area contributed by atoms with Crippen molar-refractivity contribution in [2.75, 3.05) is 0 Å². The summed E-state index contributed by atoms with van der Waals surface area (Å²) in [6.45, 7) is 0. The minimum Gasteiger partial charge on any atom is -0.220 e. The van der Waals surface area contributed by atoms with E-state index < -0.39 is 0 Å². The average Bonchev–Trinajstić information content (AvgIpc) is 2.90. The highest BCUT2D eigenvalue weighted by Crippen LogP contribution is 2.22. The second-order valence-corrected chi connectivity index (χ2v) is 3.74. The van der Waals surface area contributed by atoms with Crippen LogP contribution in [0.25, 0.3) is 16.9 Å². The van der Waals surface area contributed by atoms with Crippen LogP contribution in [-0.4, -0.2) is 20.0 Å². The van der Waals surface area contributed by atoms with Gasteiger partial charge in [0.1, 0.15) is 5.82 Å². The summed E-state index contributed by atoms with van der Waals surface area (Å²) in [5, 5.41) is 11.9. The molecule has 0 radical (unpaired) electrons. The summed E-state index contributed by atoms with van der Waals surface area (Å²) in [6.07, 6.45) is 4.92. The molecule has 0 aliphatic heterocycles. The largest absolute Gasteiger partial charge is 0.220 e. The molecule has 88 valence electrons. The van der Waals surface area contributed by atoms with Crippen molar-refractivity contribution in [2.24, 2.45) is 0 Å². The van der Waals surface area contributed by atoms with Crippen molar-refractivity contribution in [3.05, 3.63) is 60.8 Å². The monoisotopic (exact) mass is 240 g/mol. The standard InChI is InChI=1S/C13H9FN4/c14-12-5-2-1-4-11(12)10-8-16-18(9-10)13-6-3-7-15-17-13/h1-9H. The highest BCUT2D eigenvalue weighted by molar-refractivity contribution is 5.62. The van der Waals surface area contributed by atoms with Gasteiger partial charge in [-0.1, -0.05) is 18.2 Å². The second kappa shape index (κ2) is 4.37. The van der Waals surface area contributed by atoms with E-state index in [-0.39, 0.29) is 5.82 Å². The molecule has 2 aromatic heterocycles. The SMILES string of the molecule is Fc1ccccc1-c1cnn(-c2cccnn2)c1. The summed E-state index contributed by atoms with van der Waals surface area (Å²) in [7, 11) is 0. The Hall–Kier alpha value is -2.56. The summed E-state index contributed by atoms with van der Waals surface area (Å²) in [5.74, 6) is 0.330. The van der Waals surface area contributed by atoms with Gasteiger partial charge in [-0.25, -0.2) is 9.07 Å². The molecular formula is C13H9FN4. The maximum Gasteiger partial charge on any atom is 0.175 e. The van der Waals surface area contributed by atoms with Crippen molar-refractivity contribution in [3.8, 4) is 16.9 Å². The molecule has 4 nitrogen and oxygen atoms in total. The minimum absolute atomic E-state index is 0.267. The van der Waals surface area contributed by atoms with Crippen LogP contribution < -0.4 is 0 Å². The van der Waals surface area contributed by atoms with E-state index in [1.54, 1.807) is 53.6 Å². The Labute approximate surface area is 103 Å². The fraction of sp³-hybridized carbons (Fsp3) is 0. The molecule has 0 fully saturated rings. The predicted octanol–water partition coefficient (Wildman–Crippen LogP) is 2.47. The van der Waals surface area contributed by atoms with Gasteiger partial charge in [-0.2, -0.15) is 10.2 Å². The molecule has 0 atom stereocenters. The Morgan fingerprint density at radius 1 is 1.06 bits per heavy atom. The van der Waals surface area contributed by atoms with Gasteiger partial charge < -0.3 is 0 Å². The highest BCUT2D eigenvalue weighted by atomic mass is 19.1. The third kappa shape index (κ3) is 1.86. The summed E-state index contributed by atoms with van der Waals surface area (Å²) >= 11 is 0. The van der Waals surface area contributed by atoms with E-state index in [9.17, 15) is 4.39 Å². The third-order valence-corrected chi connectivity index (χ3v) is 2.56. The Balaban J connectivity index is 2.03. The van der Waals surface area contributed by atoms with Crippen LogP contribution in [0.1, 0.15) is 0 Å². The van der Waals surface area contributed by atoms with Crippen molar-refractivity contribution in [1.29, 1.82) is 0 Å². The normalized spacial score (nSPS) is 10.5.